The molecule has 0 radical (unpaired) electrons. The Balaban J connectivity index is 2.22. The van der Waals surface area contributed by atoms with Crippen LogP contribution >= 0.6 is 0 Å². The van der Waals surface area contributed by atoms with Crippen LogP contribution in [-0.4, -0.2) is 39.5 Å². The second-order valence-corrected chi connectivity index (χ2v) is 4.84. The molecule has 0 aliphatic carbocycles. The summed E-state index contributed by atoms with van der Waals surface area (Å²) in [6.07, 6.45) is 4.61. The lowest BCUT2D eigenvalue weighted by atomic mass is 9.84. The van der Waals surface area contributed by atoms with E-state index in [9.17, 15) is 0 Å². The van der Waals surface area contributed by atoms with Gasteiger partial charge in [-0.15, -0.1) is 0 Å². The standard InChI is InChI=1S/C13H27NO2/c1-3-7-14-11-13(6-10-16-12-13)5-9-15-8-4-2/h14H,3-12H2,1-2H3. The molecule has 1 heterocycles. The van der Waals surface area contributed by atoms with Gasteiger partial charge in [-0.1, -0.05) is 13.8 Å². The van der Waals surface area contributed by atoms with Gasteiger partial charge in [0.15, 0.2) is 0 Å². The van der Waals surface area contributed by atoms with Crippen LogP contribution in [0.1, 0.15) is 39.5 Å². The van der Waals surface area contributed by atoms with Crippen LogP contribution in [0, 0.1) is 5.41 Å². The maximum absolute atomic E-state index is 5.59. The Morgan fingerprint density at radius 2 is 2.12 bits per heavy atom. The highest BCUT2D eigenvalue weighted by Crippen LogP contribution is 2.31. The van der Waals surface area contributed by atoms with Crippen LogP contribution in [0.3, 0.4) is 0 Å². The Morgan fingerprint density at radius 1 is 1.25 bits per heavy atom. The van der Waals surface area contributed by atoms with Gasteiger partial charge in [-0.2, -0.15) is 0 Å². The molecule has 1 rings (SSSR count). The Bertz CT molecular complexity index is 167. The fourth-order valence-corrected chi connectivity index (χ4v) is 2.14. The van der Waals surface area contributed by atoms with E-state index in [0.29, 0.717) is 5.41 Å². The lowest BCUT2D eigenvalue weighted by Crippen LogP contribution is -2.36. The highest BCUT2D eigenvalue weighted by Gasteiger charge is 2.33. The van der Waals surface area contributed by atoms with Crippen LogP contribution in [0.4, 0.5) is 0 Å². The summed E-state index contributed by atoms with van der Waals surface area (Å²) in [7, 11) is 0. The minimum atomic E-state index is 0.336. The number of nitrogens with one attached hydrogen (secondary N) is 1. The molecular weight excluding hydrogens is 202 g/mol. The van der Waals surface area contributed by atoms with Crippen molar-refractivity contribution in [3.05, 3.63) is 0 Å². The molecule has 0 bridgehead atoms. The molecule has 1 aliphatic rings. The zero-order valence-corrected chi connectivity index (χ0v) is 10.9. The molecule has 0 spiro atoms. The Kier molecular flexibility index (Phi) is 7.01. The molecule has 0 saturated carbocycles. The van der Waals surface area contributed by atoms with Gasteiger partial charge in [-0.3, -0.25) is 0 Å². The van der Waals surface area contributed by atoms with E-state index in [1.165, 1.54) is 12.8 Å². The highest BCUT2D eigenvalue weighted by atomic mass is 16.5. The van der Waals surface area contributed by atoms with Gasteiger partial charge in [0, 0.05) is 31.8 Å². The molecule has 1 atom stereocenters. The quantitative estimate of drug-likeness (QED) is 0.615. The highest BCUT2D eigenvalue weighted by molar-refractivity contribution is 4.85. The summed E-state index contributed by atoms with van der Waals surface area (Å²) in [5.74, 6) is 0. The van der Waals surface area contributed by atoms with Crippen molar-refractivity contribution in [2.75, 3.05) is 39.5 Å². The predicted molar refractivity (Wildman–Crippen MR) is 66.8 cm³/mol. The number of ether oxygens (including phenoxy) is 2. The summed E-state index contributed by atoms with van der Waals surface area (Å²) in [5, 5.41) is 3.52. The maximum Gasteiger partial charge on any atom is 0.0536 e. The first kappa shape index (κ1) is 13.9. The van der Waals surface area contributed by atoms with Crippen molar-refractivity contribution >= 4 is 0 Å². The van der Waals surface area contributed by atoms with E-state index >= 15 is 0 Å². The smallest absolute Gasteiger partial charge is 0.0536 e. The maximum atomic E-state index is 5.59. The number of hydrogen-bond donors (Lipinski definition) is 1. The number of rotatable bonds is 9. The molecule has 0 aromatic rings. The SMILES string of the molecule is CCCNCC1(CCOCCC)CCOC1. The van der Waals surface area contributed by atoms with E-state index in [1.54, 1.807) is 0 Å². The van der Waals surface area contributed by atoms with E-state index in [0.717, 1.165) is 52.4 Å². The normalized spacial score (nSPS) is 25.1. The summed E-state index contributed by atoms with van der Waals surface area (Å²) < 4.78 is 11.1. The third kappa shape index (κ3) is 4.81. The Morgan fingerprint density at radius 3 is 2.75 bits per heavy atom. The number of hydrogen-bond acceptors (Lipinski definition) is 3. The van der Waals surface area contributed by atoms with Crippen LogP contribution in [0.2, 0.25) is 0 Å². The van der Waals surface area contributed by atoms with E-state index in [4.69, 9.17) is 9.47 Å². The van der Waals surface area contributed by atoms with Crippen molar-refractivity contribution in [3.63, 3.8) is 0 Å². The summed E-state index contributed by atoms with van der Waals surface area (Å²) >= 11 is 0. The molecule has 3 heteroatoms. The second-order valence-electron chi connectivity index (χ2n) is 4.84. The fraction of sp³-hybridized carbons (Fsp3) is 1.00. The van der Waals surface area contributed by atoms with Crippen molar-refractivity contribution in [2.45, 2.75) is 39.5 Å². The van der Waals surface area contributed by atoms with E-state index < -0.39 is 0 Å². The first-order chi connectivity index (χ1) is 7.83. The van der Waals surface area contributed by atoms with Crippen molar-refractivity contribution in [1.29, 1.82) is 0 Å². The topological polar surface area (TPSA) is 30.5 Å². The summed E-state index contributed by atoms with van der Waals surface area (Å²) in [6, 6.07) is 0. The molecular formula is C13H27NO2. The molecule has 1 N–H and O–H groups in total. The molecule has 1 fully saturated rings. The van der Waals surface area contributed by atoms with Crippen molar-refractivity contribution in [1.82, 2.24) is 5.32 Å². The summed E-state index contributed by atoms with van der Waals surface area (Å²) in [6.45, 7) is 10.1. The zero-order chi connectivity index (χ0) is 11.7. The van der Waals surface area contributed by atoms with Crippen LogP contribution in [-0.2, 0) is 9.47 Å². The first-order valence-corrected chi connectivity index (χ1v) is 6.69. The molecule has 16 heavy (non-hydrogen) atoms. The largest absolute Gasteiger partial charge is 0.381 e. The van der Waals surface area contributed by atoms with Crippen LogP contribution in [0.5, 0.6) is 0 Å². The predicted octanol–water partition coefficient (Wildman–Crippen LogP) is 2.21. The lowest BCUT2D eigenvalue weighted by molar-refractivity contribution is 0.0807. The van der Waals surface area contributed by atoms with Gasteiger partial charge >= 0.3 is 0 Å². The average Bonchev–Trinajstić information content (AvgIpc) is 2.74. The van der Waals surface area contributed by atoms with E-state index in [1.807, 2.05) is 0 Å². The van der Waals surface area contributed by atoms with Gasteiger partial charge in [0.05, 0.1) is 6.61 Å². The third-order valence-electron chi connectivity index (χ3n) is 3.24. The monoisotopic (exact) mass is 229 g/mol. The second kappa shape index (κ2) is 8.04. The van der Waals surface area contributed by atoms with Crippen LogP contribution in [0.15, 0.2) is 0 Å². The molecule has 0 aromatic carbocycles. The lowest BCUT2D eigenvalue weighted by Gasteiger charge is -2.27. The van der Waals surface area contributed by atoms with Gasteiger partial charge in [0.2, 0.25) is 0 Å². The van der Waals surface area contributed by atoms with Gasteiger partial charge in [-0.25, -0.2) is 0 Å². The molecule has 1 unspecified atom stereocenters. The minimum Gasteiger partial charge on any atom is -0.381 e. The Labute approximate surface area is 99.9 Å². The van der Waals surface area contributed by atoms with Crippen LogP contribution < -0.4 is 5.32 Å². The van der Waals surface area contributed by atoms with Crippen molar-refractivity contribution < 1.29 is 9.47 Å². The van der Waals surface area contributed by atoms with Gasteiger partial charge in [0.25, 0.3) is 0 Å². The third-order valence-corrected chi connectivity index (χ3v) is 3.24. The van der Waals surface area contributed by atoms with Gasteiger partial charge in [-0.05, 0) is 32.2 Å². The Hall–Kier alpha value is -0.120. The summed E-state index contributed by atoms with van der Waals surface area (Å²) in [5.41, 5.74) is 0.336. The average molecular weight is 229 g/mol. The van der Waals surface area contributed by atoms with E-state index in [-0.39, 0.29) is 0 Å². The van der Waals surface area contributed by atoms with Crippen molar-refractivity contribution in [2.24, 2.45) is 5.41 Å². The molecule has 0 aromatic heterocycles. The molecule has 1 aliphatic heterocycles. The van der Waals surface area contributed by atoms with Gasteiger partial charge in [0.1, 0.15) is 0 Å². The molecule has 3 nitrogen and oxygen atoms in total. The summed E-state index contributed by atoms with van der Waals surface area (Å²) in [4.78, 5) is 0. The molecule has 0 amide bonds. The minimum absolute atomic E-state index is 0.336. The van der Waals surface area contributed by atoms with Gasteiger partial charge < -0.3 is 14.8 Å². The fourth-order valence-electron chi connectivity index (χ4n) is 2.14. The first-order valence-electron chi connectivity index (χ1n) is 6.69. The van der Waals surface area contributed by atoms with Crippen molar-refractivity contribution in [3.8, 4) is 0 Å². The molecule has 1 saturated heterocycles. The van der Waals surface area contributed by atoms with E-state index in [2.05, 4.69) is 19.2 Å². The zero-order valence-electron chi connectivity index (χ0n) is 10.9. The molecule has 96 valence electrons. The van der Waals surface area contributed by atoms with Crippen LogP contribution in [0.25, 0.3) is 0 Å².